The lowest BCUT2D eigenvalue weighted by Crippen LogP contribution is -2.41. The molecule has 0 spiro atoms. The molecule has 0 saturated carbocycles. The van der Waals surface area contributed by atoms with E-state index in [2.05, 4.69) is 5.32 Å². The van der Waals surface area contributed by atoms with Crippen molar-refractivity contribution >= 4 is 11.9 Å². The molecule has 0 bridgehead atoms. The number of hydrogen-bond donors (Lipinski definition) is 3. The average Bonchev–Trinajstić information content (AvgIpc) is 2.20. The summed E-state index contributed by atoms with van der Waals surface area (Å²) in [7, 11) is 0. The summed E-state index contributed by atoms with van der Waals surface area (Å²) in [5, 5.41) is 13.3. The van der Waals surface area contributed by atoms with Gasteiger partial charge in [-0.25, -0.2) is 0 Å². The van der Waals surface area contributed by atoms with E-state index >= 15 is 0 Å². The molecule has 0 rings (SSSR count). The van der Waals surface area contributed by atoms with Crippen LogP contribution in [0.2, 0.25) is 0 Å². The zero-order valence-electron chi connectivity index (χ0n) is 11.8. The minimum atomic E-state index is -4.38. The van der Waals surface area contributed by atoms with Gasteiger partial charge in [0.15, 0.2) is 0 Å². The maximum atomic E-state index is 11.8. The molecular formula is C12H21F3N2O3. The van der Waals surface area contributed by atoms with E-state index in [0.717, 1.165) is 0 Å². The summed E-state index contributed by atoms with van der Waals surface area (Å²) in [4.78, 5) is 22.3. The third-order valence-corrected chi connectivity index (χ3v) is 2.36. The fourth-order valence-electron chi connectivity index (χ4n) is 1.60. The van der Waals surface area contributed by atoms with Crippen molar-refractivity contribution in [3.05, 3.63) is 0 Å². The summed E-state index contributed by atoms with van der Waals surface area (Å²) in [5.74, 6) is -2.46. The predicted molar refractivity (Wildman–Crippen MR) is 67.1 cm³/mol. The highest BCUT2D eigenvalue weighted by Crippen LogP contribution is 2.24. The molecule has 5 nitrogen and oxygen atoms in total. The second kappa shape index (κ2) is 7.47. The standard InChI is InChI=1S/C12H21F3N2O3/c1-11(2,3)4-8(10(19)20)5-17-9(18)6-16-7-12(13,14)15/h8,16H,4-7H2,1-3H3,(H,17,18)(H,19,20). The fraction of sp³-hybridized carbons (Fsp3) is 0.833. The Bertz CT molecular complexity index is 338. The number of carbonyl (C=O) groups excluding carboxylic acids is 1. The van der Waals surface area contributed by atoms with E-state index in [1.807, 2.05) is 26.1 Å². The van der Waals surface area contributed by atoms with Crippen molar-refractivity contribution in [1.29, 1.82) is 0 Å². The number of rotatable bonds is 7. The van der Waals surface area contributed by atoms with Crippen LogP contribution in [0.25, 0.3) is 0 Å². The van der Waals surface area contributed by atoms with Crippen LogP contribution in [0.5, 0.6) is 0 Å². The summed E-state index contributed by atoms with van der Waals surface area (Å²) in [5.41, 5.74) is -0.220. The maximum absolute atomic E-state index is 11.8. The number of carboxylic acids is 1. The van der Waals surface area contributed by atoms with E-state index in [0.29, 0.717) is 6.42 Å². The second-order valence-corrected chi connectivity index (χ2v) is 5.82. The Kier molecular flexibility index (Phi) is 6.98. The average molecular weight is 298 g/mol. The van der Waals surface area contributed by atoms with Crippen LogP contribution in [0, 0.1) is 11.3 Å². The Morgan fingerprint density at radius 3 is 2.15 bits per heavy atom. The number of aliphatic carboxylic acids is 1. The van der Waals surface area contributed by atoms with Crippen LogP contribution in [-0.2, 0) is 9.59 Å². The van der Waals surface area contributed by atoms with Gasteiger partial charge in [-0.05, 0) is 11.8 Å². The Labute approximate surface area is 115 Å². The number of hydrogen-bond acceptors (Lipinski definition) is 3. The van der Waals surface area contributed by atoms with Crippen LogP contribution < -0.4 is 10.6 Å². The minimum Gasteiger partial charge on any atom is -0.481 e. The maximum Gasteiger partial charge on any atom is 0.401 e. The van der Waals surface area contributed by atoms with Crippen LogP contribution in [0.3, 0.4) is 0 Å². The lowest BCUT2D eigenvalue weighted by molar-refractivity contribution is -0.142. The van der Waals surface area contributed by atoms with E-state index in [1.54, 1.807) is 0 Å². The Balaban J connectivity index is 4.10. The molecule has 0 radical (unpaired) electrons. The number of amides is 1. The molecule has 0 fully saturated rings. The Morgan fingerprint density at radius 2 is 1.75 bits per heavy atom. The highest BCUT2D eigenvalue weighted by atomic mass is 19.4. The van der Waals surface area contributed by atoms with Gasteiger partial charge in [-0.15, -0.1) is 0 Å². The third kappa shape index (κ3) is 10.6. The molecule has 0 aliphatic rings. The normalized spacial score (nSPS) is 13.9. The van der Waals surface area contributed by atoms with Gasteiger partial charge in [-0.1, -0.05) is 20.8 Å². The summed E-state index contributed by atoms with van der Waals surface area (Å²) in [6, 6.07) is 0. The predicted octanol–water partition coefficient (Wildman–Crippen LogP) is 1.39. The highest BCUT2D eigenvalue weighted by molar-refractivity contribution is 5.79. The molecule has 20 heavy (non-hydrogen) atoms. The quantitative estimate of drug-likeness (QED) is 0.664. The van der Waals surface area contributed by atoms with Gasteiger partial charge in [0, 0.05) is 6.54 Å². The van der Waals surface area contributed by atoms with Gasteiger partial charge in [-0.3, -0.25) is 9.59 Å². The van der Waals surface area contributed by atoms with Crippen molar-refractivity contribution in [3.63, 3.8) is 0 Å². The van der Waals surface area contributed by atoms with Gasteiger partial charge in [-0.2, -0.15) is 13.2 Å². The zero-order chi connectivity index (χ0) is 16.0. The molecule has 8 heteroatoms. The van der Waals surface area contributed by atoms with Gasteiger partial charge in [0.1, 0.15) is 0 Å². The molecule has 0 saturated heterocycles. The Hall–Kier alpha value is -1.31. The van der Waals surface area contributed by atoms with E-state index in [9.17, 15) is 22.8 Å². The highest BCUT2D eigenvalue weighted by Gasteiger charge is 2.27. The lowest BCUT2D eigenvalue weighted by Gasteiger charge is -2.23. The number of alkyl halides is 3. The van der Waals surface area contributed by atoms with Crippen molar-refractivity contribution in [3.8, 4) is 0 Å². The van der Waals surface area contributed by atoms with E-state index in [-0.39, 0.29) is 12.0 Å². The minimum absolute atomic E-state index is 0.0981. The van der Waals surface area contributed by atoms with E-state index in [1.165, 1.54) is 0 Å². The number of nitrogens with one attached hydrogen (secondary N) is 2. The summed E-state index contributed by atoms with van der Waals surface area (Å²) < 4.78 is 35.5. The molecule has 0 aliphatic carbocycles. The molecule has 1 atom stereocenters. The van der Waals surface area contributed by atoms with Crippen LogP contribution in [-0.4, -0.2) is 42.8 Å². The molecule has 0 heterocycles. The topological polar surface area (TPSA) is 78.4 Å². The summed E-state index contributed by atoms with van der Waals surface area (Å²) >= 11 is 0. The Morgan fingerprint density at radius 1 is 1.20 bits per heavy atom. The second-order valence-electron chi connectivity index (χ2n) is 5.82. The lowest BCUT2D eigenvalue weighted by atomic mass is 9.84. The summed E-state index contributed by atoms with van der Waals surface area (Å²) in [6.45, 7) is 3.76. The first-order chi connectivity index (χ1) is 8.91. The smallest absolute Gasteiger partial charge is 0.401 e. The molecular weight excluding hydrogens is 277 g/mol. The van der Waals surface area contributed by atoms with Crippen molar-refractivity contribution in [1.82, 2.24) is 10.6 Å². The zero-order valence-corrected chi connectivity index (χ0v) is 11.8. The first-order valence-electron chi connectivity index (χ1n) is 6.18. The van der Waals surface area contributed by atoms with Crippen molar-refractivity contribution < 1.29 is 27.9 Å². The van der Waals surface area contributed by atoms with Crippen LogP contribution in [0.4, 0.5) is 13.2 Å². The monoisotopic (exact) mass is 298 g/mol. The molecule has 0 aliphatic heterocycles. The van der Waals surface area contributed by atoms with Gasteiger partial charge >= 0.3 is 12.1 Å². The number of halogens is 3. The largest absolute Gasteiger partial charge is 0.481 e. The van der Waals surface area contributed by atoms with Crippen LogP contribution in [0.1, 0.15) is 27.2 Å². The van der Waals surface area contributed by atoms with Crippen molar-refractivity contribution in [2.24, 2.45) is 11.3 Å². The molecule has 1 amide bonds. The van der Waals surface area contributed by atoms with Crippen LogP contribution >= 0.6 is 0 Å². The van der Waals surface area contributed by atoms with Crippen molar-refractivity contribution in [2.45, 2.75) is 33.4 Å². The molecule has 118 valence electrons. The SMILES string of the molecule is CC(C)(C)CC(CNC(=O)CNCC(F)(F)F)C(=O)O. The van der Waals surface area contributed by atoms with Gasteiger partial charge in [0.05, 0.1) is 19.0 Å². The van der Waals surface area contributed by atoms with Gasteiger partial charge in [0.25, 0.3) is 0 Å². The van der Waals surface area contributed by atoms with E-state index < -0.39 is 37.1 Å². The first-order valence-corrected chi connectivity index (χ1v) is 6.18. The summed E-state index contributed by atoms with van der Waals surface area (Å²) in [6.07, 6.45) is -4.02. The van der Waals surface area contributed by atoms with Gasteiger partial charge < -0.3 is 15.7 Å². The molecule has 0 aromatic carbocycles. The van der Waals surface area contributed by atoms with Crippen molar-refractivity contribution in [2.75, 3.05) is 19.6 Å². The van der Waals surface area contributed by atoms with Gasteiger partial charge in [0.2, 0.25) is 5.91 Å². The number of carbonyl (C=O) groups is 2. The van der Waals surface area contributed by atoms with Crippen LogP contribution in [0.15, 0.2) is 0 Å². The van der Waals surface area contributed by atoms with E-state index in [4.69, 9.17) is 5.11 Å². The number of carboxylic acid groups (broad SMARTS) is 1. The molecule has 0 aromatic heterocycles. The molecule has 3 N–H and O–H groups in total. The molecule has 0 aromatic rings. The third-order valence-electron chi connectivity index (χ3n) is 2.36. The molecule has 1 unspecified atom stereocenters. The first kappa shape index (κ1) is 18.7. The fourth-order valence-corrected chi connectivity index (χ4v) is 1.60.